The molecule has 140 valence electrons. The molecule has 4 rings (SSSR count). The first-order valence-electron chi connectivity index (χ1n) is 8.97. The Bertz CT molecular complexity index is 740. The number of hydrogen-bond acceptors (Lipinski definition) is 3. The molecule has 0 unspecified atom stereocenters. The zero-order valence-corrected chi connectivity index (χ0v) is 16.5. The van der Waals surface area contributed by atoms with Gasteiger partial charge in [0.1, 0.15) is 5.75 Å². The van der Waals surface area contributed by atoms with Gasteiger partial charge in [0.2, 0.25) is 0 Å². The van der Waals surface area contributed by atoms with Crippen molar-refractivity contribution in [1.82, 2.24) is 5.32 Å². The van der Waals surface area contributed by atoms with Crippen molar-refractivity contribution in [3.63, 3.8) is 0 Å². The third-order valence-electron chi connectivity index (χ3n) is 5.58. The van der Waals surface area contributed by atoms with Crippen LogP contribution in [-0.4, -0.2) is 25.9 Å². The molecule has 2 aromatic carbocycles. The summed E-state index contributed by atoms with van der Waals surface area (Å²) < 4.78 is 12.1. The van der Waals surface area contributed by atoms with E-state index in [1.807, 2.05) is 18.2 Å². The number of nitrogens with one attached hydrogen (secondary N) is 1. The Kier molecular flexibility index (Phi) is 6.13. The lowest BCUT2D eigenvalue weighted by atomic mass is 9.77. The van der Waals surface area contributed by atoms with Crippen LogP contribution in [0, 0.1) is 0 Å². The van der Waals surface area contributed by atoms with Crippen molar-refractivity contribution in [2.24, 2.45) is 0 Å². The van der Waals surface area contributed by atoms with Crippen molar-refractivity contribution in [3.05, 3.63) is 64.7 Å². The van der Waals surface area contributed by atoms with E-state index >= 15 is 0 Å². The summed E-state index contributed by atoms with van der Waals surface area (Å²) in [6, 6.07) is 16.8. The van der Waals surface area contributed by atoms with Crippen LogP contribution in [0.25, 0.3) is 0 Å². The van der Waals surface area contributed by atoms with Crippen LogP contribution in [0.3, 0.4) is 0 Å². The summed E-state index contributed by atoms with van der Waals surface area (Å²) in [6.07, 6.45) is 3.21. The summed E-state index contributed by atoms with van der Waals surface area (Å²) in [5.74, 6) is 1.20. The Morgan fingerprint density at radius 1 is 1.19 bits per heavy atom. The van der Waals surface area contributed by atoms with Gasteiger partial charge in [-0.1, -0.05) is 41.9 Å². The fourth-order valence-electron chi connectivity index (χ4n) is 4.43. The van der Waals surface area contributed by atoms with Crippen molar-refractivity contribution in [1.29, 1.82) is 0 Å². The second-order valence-electron chi connectivity index (χ2n) is 7.06. The molecule has 0 amide bonds. The summed E-state index contributed by atoms with van der Waals surface area (Å²) in [4.78, 5) is 0. The van der Waals surface area contributed by atoms with Gasteiger partial charge in [-0.3, -0.25) is 0 Å². The van der Waals surface area contributed by atoms with E-state index in [1.54, 1.807) is 7.11 Å². The number of benzene rings is 2. The summed E-state index contributed by atoms with van der Waals surface area (Å²) in [5.41, 5.74) is 2.31. The topological polar surface area (TPSA) is 30.5 Å². The van der Waals surface area contributed by atoms with Crippen molar-refractivity contribution in [2.45, 2.75) is 36.8 Å². The first-order chi connectivity index (χ1) is 12.2. The van der Waals surface area contributed by atoms with E-state index in [0.717, 1.165) is 42.1 Å². The number of ether oxygens (including phenoxy) is 2. The highest BCUT2D eigenvalue weighted by molar-refractivity contribution is 6.30. The third-order valence-corrected chi connectivity index (χ3v) is 5.81. The van der Waals surface area contributed by atoms with Crippen molar-refractivity contribution in [3.8, 4) is 5.75 Å². The zero-order valence-electron chi connectivity index (χ0n) is 14.9. The SMILES string of the molecule is COc1ccc(Cl)cc1[C@@H]1CO[C@]2(CCCN[C@H]2c2ccccc2)C1.Cl. The maximum atomic E-state index is 6.49. The molecule has 0 aromatic heterocycles. The predicted molar refractivity (Wildman–Crippen MR) is 108 cm³/mol. The highest BCUT2D eigenvalue weighted by Gasteiger charge is 2.49. The molecule has 0 bridgehead atoms. The lowest BCUT2D eigenvalue weighted by Crippen LogP contribution is -2.48. The molecule has 2 fully saturated rings. The Morgan fingerprint density at radius 3 is 2.77 bits per heavy atom. The molecule has 0 saturated carbocycles. The van der Waals surface area contributed by atoms with Crippen LogP contribution >= 0.6 is 24.0 Å². The van der Waals surface area contributed by atoms with Gasteiger partial charge in [0.05, 0.1) is 25.4 Å². The molecule has 0 radical (unpaired) electrons. The third kappa shape index (κ3) is 3.59. The predicted octanol–water partition coefficient (Wildman–Crippen LogP) is 5.14. The fourth-order valence-corrected chi connectivity index (χ4v) is 4.61. The number of hydrogen-bond donors (Lipinski definition) is 1. The van der Waals surface area contributed by atoms with E-state index in [4.69, 9.17) is 21.1 Å². The van der Waals surface area contributed by atoms with Crippen LogP contribution in [0.4, 0.5) is 0 Å². The molecule has 2 aromatic rings. The summed E-state index contributed by atoms with van der Waals surface area (Å²) in [6.45, 7) is 1.75. The first-order valence-corrected chi connectivity index (χ1v) is 9.35. The molecule has 5 heteroatoms. The lowest BCUT2D eigenvalue weighted by Gasteiger charge is -2.41. The molecule has 2 heterocycles. The molecule has 2 aliphatic heterocycles. The normalized spacial score (nSPS) is 27.9. The Labute approximate surface area is 166 Å². The number of halogens is 2. The monoisotopic (exact) mass is 393 g/mol. The molecule has 3 nitrogen and oxygen atoms in total. The van der Waals surface area contributed by atoms with Gasteiger partial charge in [-0.25, -0.2) is 0 Å². The zero-order chi connectivity index (χ0) is 17.3. The van der Waals surface area contributed by atoms with Gasteiger partial charge in [-0.15, -0.1) is 12.4 Å². The van der Waals surface area contributed by atoms with Crippen LogP contribution < -0.4 is 10.1 Å². The van der Waals surface area contributed by atoms with Gasteiger partial charge >= 0.3 is 0 Å². The second-order valence-corrected chi connectivity index (χ2v) is 7.50. The fraction of sp³-hybridized carbons (Fsp3) is 0.429. The highest BCUT2D eigenvalue weighted by Crippen LogP contribution is 2.49. The number of methoxy groups -OCH3 is 1. The minimum atomic E-state index is -0.155. The second kappa shape index (κ2) is 8.18. The largest absolute Gasteiger partial charge is 0.496 e. The van der Waals surface area contributed by atoms with E-state index in [9.17, 15) is 0 Å². The Morgan fingerprint density at radius 2 is 2.00 bits per heavy atom. The van der Waals surface area contributed by atoms with Gasteiger partial charge in [-0.05, 0) is 49.6 Å². The van der Waals surface area contributed by atoms with Gasteiger partial charge < -0.3 is 14.8 Å². The Balaban J connectivity index is 0.00000196. The van der Waals surface area contributed by atoms with Crippen LogP contribution in [-0.2, 0) is 4.74 Å². The van der Waals surface area contributed by atoms with E-state index in [0.29, 0.717) is 12.5 Å². The Hall–Kier alpha value is -1.26. The molecule has 2 saturated heterocycles. The van der Waals surface area contributed by atoms with Crippen LogP contribution in [0.2, 0.25) is 5.02 Å². The standard InChI is InChI=1S/C21H24ClNO2.ClH/c1-24-19-9-8-17(22)12-18(19)16-13-21(25-14-16)10-5-11-23-20(21)15-6-3-2-4-7-15;/h2-4,6-9,12,16,20,23H,5,10-11,13-14H2,1H3;1H/t16-,20-,21+;/m0./s1. The van der Waals surface area contributed by atoms with Gasteiger partial charge in [0, 0.05) is 16.5 Å². The maximum Gasteiger partial charge on any atom is 0.122 e. The number of piperidine rings is 1. The average Bonchev–Trinajstić information content (AvgIpc) is 3.07. The quantitative estimate of drug-likeness (QED) is 0.782. The average molecular weight is 394 g/mol. The van der Waals surface area contributed by atoms with Crippen molar-refractivity contribution in [2.75, 3.05) is 20.3 Å². The van der Waals surface area contributed by atoms with Gasteiger partial charge in [0.15, 0.2) is 0 Å². The molecule has 3 atom stereocenters. The first kappa shape index (κ1) is 19.5. The molecule has 1 N–H and O–H groups in total. The van der Waals surface area contributed by atoms with Crippen LogP contribution in [0.1, 0.15) is 42.3 Å². The molecule has 2 aliphatic rings. The van der Waals surface area contributed by atoms with Crippen molar-refractivity contribution >= 4 is 24.0 Å². The summed E-state index contributed by atoms with van der Waals surface area (Å²) >= 11 is 6.25. The summed E-state index contributed by atoms with van der Waals surface area (Å²) in [7, 11) is 1.72. The molecule has 0 aliphatic carbocycles. The minimum absolute atomic E-state index is 0. The van der Waals surface area contributed by atoms with Gasteiger partial charge in [0.25, 0.3) is 0 Å². The molecular weight excluding hydrogens is 369 g/mol. The molecule has 1 spiro atoms. The number of rotatable bonds is 3. The van der Waals surface area contributed by atoms with E-state index in [1.165, 1.54) is 5.56 Å². The van der Waals surface area contributed by atoms with E-state index in [-0.39, 0.29) is 24.0 Å². The van der Waals surface area contributed by atoms with Crippen LogP contribution in [0.5, 0.6) is 5.75 Å². The van der Waals surface area contributed by atoms with E-state index in [2.05, 4.69) is 35.6 Å². The highest BCUT2D eigenvalue weighted by atomic mass is 35.5. The van der Waals surface area contributed by atoms with Gasteiger partial charge in [-0.2, -0.15) is 0 Å². The minimum Gasteiger partial charge on any atom is -0.496 e. The van der Waals surface area contributed by atoms with Crippen LogP contribution in [0.15, 0.2) is 48.5 Å². The maximum absolute atomic E-state index is 6.49. The van der Waals surface area contributed by atoms with Crippen molar-refractivity contribution < 1.29 is 9.47 Å². The summed E-state index contributed by atoms with van der Waals surface area (Å²) in [5, 5.41) is 4.45. The van der Waals surface area contributed by atoms with E-state index < -0.39 is 0 Å². The molecular formula is C21H25Cl2NO2. The molecule has 26 heavy (non-hydrogen) atoms. The smallest absolute Gasteiger partial charge is 0.122 e. The lowest BCUT2D eigenvalue weighted by molar-refractivity contribution is -0.0484.